The van der Waals surface area contributed by atoms with E-state index in [1.54, 1.807) is 5.57 Å². The van der Waals surface area contributed by atoms with Gasteiger partial charge in [-0.15, -0.1) is 0 Å². The zero-order valence-electron chi connectivity index (χ0n) is 11.1. The summed E-state index contributed by atoms with van der Waals surface area (Å²) in [4.78, 5) is 2.47. The van der Waals surface area contributed by atoms with Gasteiger partial charge < -0.3 is 10.1 Å². The van der Waals surface area contributed by atoms with Crippen molar-refractivity contribution < 1.29 is 4.74 Å². The minimum Gasteiger partial charge on any atom is -0.374 e. The molecule has 0 aromatic rings. The van der Waals surface area contributed by atoms with Crippen molar-refractivity contribution in [3.63, 3.8) is 0 Å². The van der Waals surface area contributed by atoms with E-state index in [0.717, 1.165) is 39.3 Å². The van der Waals surface area contributed by atoms with Crippen LogP contribution in [0.5, 0.6) is 0 Å². The molecule has 1 N–H and O–H groups in total. The van der Waals surface area contributed by atoms with Crippen molar-refractivity contribution in [3.8, 4) is 0 Å². The molecule has 0 bridgehead atoms. The van der Waals surface area contributed by atoms with E-state index in [2.05, 4.69) is 23.2 Å². The number of rotatable bonds is 6. The summed E-state index contributed by atoms with van der Waals surface area (Å²) in [6.07, 6.45) is 8.02. The lowest BCUT2D eigenvalue weighted by atomic mass is 10.1. The SMILES string of the molecule is CCN1CCOC(CNCCC2=CCCC2)C1. The van der Waals surface area contributed by atoms with E-state index in [0.29, 0.717) is 6.10 Å². The van der Waals surface area contributed by atoms with Gasteiger partial charge in [0.25, 0.3) is 0 Å². The number of hydrogen-bond donors (Lipinski definition) is 1. The molecule has 0 aromatic heterocycles. The number of ether oxygens (including phenoxy) is 1. The van der Waals surface area contributed by atoms with Crippen LogP contribution in [0.15, 0.2) is 11.6 Å². The lowest BCUT2D eigenvalue weighted by Gasteiger charge is -2.32. The second kappa shape index (κ2) is 7.14. The van der Waals surface area contributed by atoms with E-state index in [1.165, 1.54) is 25.7 Å². The first-order valence-electron chi connectivity index (χ1n) is 7.11. The first-order chi connectivity index (χ1) is 8.38. The fourth-order valence-corrected chi connectivity index (χ4v) is 2.67. The van der Waals surface area contributed by atoms with Gasteiger partial charge in [-0.25, -0.2) is 0 Å². The van der Waals surface area contributed by atoms with E-state index >= 15 is 0 Å². The molecule has 0 amide bonds. The fraction of sp³-hybridized carbons (Fsp3) is 0.857. The lowest BCUT2D eigenvalue weighted by Crippen LogP contribution is -2.46. The molecule has 0 radical (unpaired) electrons. The number of allylic oxidation sites excluding steroid dienone is 1. The van der Waals surface area contributed by atoms with Crippen molar-refractivity contribution in [2.24, 2.45) is 0 Å². The molecule has 17 heavy (non-hydrogen) atoms. The average molecular weight is 238 g/mol. The maximum atomic E-state index is 5.76. The highest BCUT2D eigenvalue weighted by Crippen LogP contribution is 2.19. The number of nitrogens with zero attached hydrogens (tertiary/aromatic N) is 1. The van der Waals surface area contributed by atoms with Gasteiger partial charge in [0, 0.05) is 19.6 Å². The molecular formula is C14H26N2O. The second-order valence-electron chi connectivity index (χ2n) is 5.09. The van der Waals surface area contributed by atoms with Gasteiger partial charge in [0.1, 0.15) is 0 Å². The molecule has 1 saturated heterocycles. The predicted octanol–water partition coefficient (Wildman–Crippen LogP) is 1.80. The molecule has 3 heteroatoms. The van der Waals surface area contributed by atoms with E-state index < -0.39 is 0 Å². The molecule has 1 aliphatic heterocycles. The number of likely N-dealkylation sites (N-methyl/N-ethyl adjacent to an activating group) is 1. The highest BCUT2D eigenvalue weighted by Gasteiger charge is 2.18. The van der Waals surface area contributed by atoms with Crippen molar-refractivity contribution in [2.45, 2.75) is 38.7 Å². The average Bonchev–Trinajstić information content (AvgIpc) is 2.88. The maximum absolute atomic E-state index is 5.76. The summed E-state index contributed by atoms with van der Waals surface area (Å²) >= 11 is 0. The molecule has 98 valence electrons. The number of nitrogens with one attached hydrogen (secondary N) is 1. The van der Waals surface area contributed by atoms with E-state index in [-0.39, 0.29) is 0 Å². The molecule has 0 aromatic carbocycles. The summed E-state index contributed by atoms with van der Waals surface area (Å²) in [6.45, 7) is 8.56. The predicted molar refractivity (Wildman–Crippen MR) is 71.3 cm³/mol. The van der Waals surface area contributed by atoms with Gasteiger partial charge in [0.2, 0.25) is 0 Å². The standard InChI is InChI=1S/C14H26N2O/c1-2-16-9-10-17-14(12-16)11-15-8-7-13-5-3-4-6-13/h5,14-15H,2-4,6-12H2,1H3. The monoisotopic (exact) mass is 238 g/mol. The molecule has 2 aliphatic rings. The van der Waals surface area contributed by atoms with Gasteiger partial charge in [-0.2, -0.15) is 0 Å². The molecular weight excluding hydrogens is 212 g/mol. The van der Waals surface area contributed by atoms with Crippen LogP contribution in [0.2, 0.25) is 0 Å². The Labute approximate surface area is 105 Å². The minimum atomic E-state index is 0.390. The molecule has 1 unspecified atom stereocenters. The third kappa shape index (κ3) is 4.41. The summed E-state index contributed by atoms with van der Waals surface area (Å²) in [6, 6.07) is 0. The summed E-state index contributed by atoms with van der Waals surface area (Å²) in [7, 11) is 0. The molecule has 1 aliphatic carbocycles. The summed E-state index contributed by atoms with van der Waals surface area (Å²) in [5.41, 5.74) is 1.65. The summed E-state index contributed by atoms with van der Waals surface area (Å²) in [5, 5.41) is 3.53. The normalized spacial score (nSPS) is 26.2. The topological polar surface area (TPSA) is 24.5 Å². The van der Waals surface area contributed by atoms with Gasteiger partial charge in [-0.05, 0) is 38.8 Å². The Morgan fingerprint density at radius 1 is 1.53 bits per heavy atom. The van der Waals surface area contributed by atoms with Crippen molar-refractivity contribution in [2.75, 3.05) is 39.3 Å². The van der Waals surface area contributed by atoms with Crippen molar-refractivity contribution in [1.82, 2.24) is 10.2 Å². The third-order valence-corrected chi connectivity index (χ3v) is 3.80. The van der Waals surface area contributed by atoms with Crippen molar-refractivity contribution >= 4 is 0 Å². The van der Waals surface area contributed by atoms with Crippen LogP contribution in [-0.2, 0) is 4.74 Å². The lowest BCUT2D eigenvalue weighted by molar-refractivity contribution is -0.0251. The van der Waals surface area contributed by atoms with Gasteiger partial charge >= 0.3 is 0 Å². The Morgan fingerprint density at radius 3 is 3.24 bits per heavy atom. The third-order valence-electron chi connectivity index (χ3n) is 3.80. The number of hydrogen-bond acceptors (Lipinski definition) is 3. The van der Waals surface area contributed by atoms with Crippen LogP contribution in [0.25, 0.3) is 0 Å². The highest BCUT2D eigenvalue weighted by atomic mass is 16.5. The van der Waals surface area contributed by atoms with Crippen LogP contribution in [0.4, 0.5) is 0 Å². The Bertz CT molecular complexity index is 253. The van der Waals surface area contributed by atoms with Crippen LogP contribution < -0.4 is 5.32 Å². The van der Waals surface area contributed by atoms with E-state index in [1.807, 2.05) is 0 Å². The molecule has 1 fully saturated rings. The molecule has 3 nitrogen and oxygen atoms in total. The zero-order chi connectivity index (χ0) is 11.9. The van der Waals surface area contributed by atoms with Gasteiger partial charge in [0.05, 0.1) is 12.7 Å². The number of morpholine rings is 1. The molecule has 0 saturated carbocycles. The zero-order valence-corrected chi connectivity index (χ0v) is 11.1. The van der Waals surface area contributed by atoms with Crippen LogP contribution in [0.3, 0.4) is 0 Å². The van der Waals surface area contributed by atoms with Crippen molar-refractivity contribution in [3.05, 3.63) is 11.6 Å². The Morgan fingerprint density at radius 2 is 2.47 bits per heavy atom. The molecule has 0 spiro atoms. The van der Waals surface area contributed by atoms with Crippen LogP contribution in [0.1, 0.15) is 32.6 Å². The van der Waals surface area contributed by atoms with Gasteiger partial charge in [-0.1, -0.05) is 18.6 Å². The minimum absolute atomic E-state index is 0.390. The Balaban J connectivity index is 1.55. The van der Waals surface area contributed by atoms with Crippen molar-refractivity contribution in [1.29, 1.82) is 0 Å². The Kier molecular flexibility index (Phi) is 5.49. The first-order valence-corrected chi connectivity index (χ1v) is 7.11. The van der Waals surface area contributed by atoms with E-state index in [9.17, 15) is 0 Å². The first kappa shape index (κ1) is 13.1. The molecule has 1 atom stereocenters. The van der Waals surface area contributed by atoms with E-state index in [4.69, 9.17) is 4.74 Å². The van der Waals surface area contributed by atoms with Crippen LogP contribution >= 0.6 is 0 Å². The Hall–Kier alpha value is -0.380. The van der Waals surface area contributed by atoms with Crippen LogP contribution in [0, 0.1) is 0 Å². The maximum Gasteiger partial charge on any atom is 0.0826 e. The summed E-state index contributed by atoms with van der Waals surface area (Å²) in [5.74, 6) is 0. The highest BCUT2D eigenvalue weighted by molar-refractivity contribution is 5.07. The molecule has 2 rings (SSSR count). The van der Waals surface area contributed by atoms with Crippen LogP contribution in [-0.4, -0.2) is 50.3 Å². The second-order valence-corrected chi connectivity index (χ2v) is 5.09. The molecule has 1 heterocycles. The quantitative estimate of drug-likeness (QED) is 0.564. The smallest absolute Gasteiger partial charge is 0.0826 e. The largest absolute Gasteiger partial charge is 0.374 e. The fourth-order valence-electron chi connectivity index (χ4n) is 2.67. The van der Waals surface area contributed by atoms with Gasteiger partial charge in [0.15, 0.2) is 0 Å². The van der Waals surface area contributed by atoms with Gasteiger partial charge in [-0.3, -0.25) is 4.90 Å². The summed E-state index contributed by atoms with van der Waals surface area (Å²) < 4.78 is 5.76.